The molecular formula is C36H47F2N5O9S. The van der Waals surface area contributed by atoms with Crippen molar-refractivity contribution in [2.75, 3.05) is 13.1 Å². The van der Waals surface area contributed by atoms with E-state index in [0.717, 1.165) is 18.6 Å². The second-order valence-electron chi connectivity index (χ2n) is 15.6. The molecule has 5 aliphatic rings. The van der Waals surface area contributed by atoms with Gasteiger partial charge in [-0.15, -0.1) is 0 Å². The van der Waals surface area contributed by atoms with Gasteiger partial charge in [0.2, 0.25) is 21.8 Å². The number of ether oxygens (including phenoxy) is 2. The highest BCUT2D eigenvalue weighted by molar-refractivity contribution is 7.91. The molecule has 3 N–H and O–H groups in total. The summed E-state index contributed by atoms with van der Waals surface area (Å²) in [5, 5.41) is 4.73. The summed E-state index contributed by atoms with van der Waals surface area (Å²) in [5.41, 5.74) is -2.23. The molecule has 14 nitrogen and oxygen atoms in total. The van der Waals surface area contributed by atoms with Gasteiger partial charge in [0.1, 0.15) is 41.0 Å². The van der Waals surface area contributed by atoms with Gasteiger partial charge in [0.05, 0.1) is 18.3 Å². The van der Waals surface area contributed by atoms with E-state index in [1.54, 1.807) is 26.8 Å². The standard InChI is InChI=1S/C36H47F2N5O9S/c1-35(2,3)52-33(47)39-28-10-8-6-4-5-7-9-21-18-36(21,32(46)41-53(49,50)23-11-12-23)40-30(44)29-17-22(19-43(29)31(28)45)51-34(48)42-16-15-24-25(20-42)27(38)14-13-26(24)37/h7,9,13-14,21-23,28-29H,4-6,8,10-12,15-20H2,1-3H3,(H,39,47)(H,40,44)(H,41,46)/b9-7-/t21-,22-,28+,29+,36-/m1/s1. The number of alkyl carbamates (subject to hydrolysis) is 1. The summed E-state index contributed by atoms with van der Waals surface area (Å²) in [6.07, 6.45) is 4.69. The van der Waals surface area contributed by atoms with Crippen molar-refractivity contribution in [1.82, 2.24) is 25.2 Å². The number of nitrogens with zero attached hydrogens (tertiary/aromatic N) is 2. The molecule has 53 heavy (non-hydrogen) atoms. The number of rotatable bonds is 5. The highest BCUT2D eigenvalue weighted by Crippen LogP contribution is 2.46. The monoisotopic (exact) mass is 763 g/mol. The van der Waals surface area contributed by atoms with Gasteiger partial charge in [0.25, 0.3) is 5.91 Å². The molecule has 5 atom stereocenters. The summed E-state index contributed by atoms with van der Waals surface area (Å²) in [5.74, 6) is -3.99. The molecule has 2 saturated carbocycles. The Morgan fingerprint density at radius 3 is 2.43 bits per heavy atom. The predicted octanol–water partition coefficient (Wildman–Crippen LogP) is 3.33. The van der Waals surface area contributed by atoms with Crippen molar-refractivity contribution in [3.8, 4) is 0 Å². The van der Waals surface area contributed by atoms with Crippen LogP contribution in [0.15, 0.2) is 24.3 Å². The molecule has 2 aliphatic carbocycles. The summed E-state index contributed by atoms with van der Waals surface area (Å²) in [7, 11) is -3.94. The van der Waals surface area contributed by atoms with E-state index in [0.29, 0.717) is 32.1 Å². The van der Waals surface area contributed by atoms with E-state index >= 15 is 0 Å². The summed E-state index contributed by atoms with van der Waals surface area (Å²) < 4.78 is 67.8. The molecule has 0 bridgehead atoms. The van der Waals surface area contributed by atoms with E-state index in [4.69, 9.17) is 9.47 Å². The van der Waals surface area contributed by atoms with Gasteiger partial charge in [-0.25, -0.2) is 26.8 Å². The van der Waals surface area contributed by atoms with Crippen LogP contribution < -0.4 is 15.4 Å². The minimum Gasteiger partial charge on any atom is -0.444 e. The maximum atomic E-state index is 14.6. The first-order valence-corrected chi connectivity index (χ1v) is 19.8. The second kappa shape index (κ2) is 14.9. The first-order chi connectivity index (χ1) is 25.0. The van der Waals surface area contributed by atoms with Crippen LogP contribution in [0.5, 0.6) is 0 Å². The fourth-order valence-electron chi connectivity index (χ4n) is 7.26. The number of carbonyl (C=O) groups excluding carboxylic acids is 5. The molecule has 3 fully saturated rings. The summed E-state index contributed by atoms with van der Waals surface area (Å²) in [4.78, 5) is 70.8. The molecular weight excluding hydrogens is 716 g/mol. The van der Waals surface area contributed by atoms with Crippen LogP contribution >= 0.6 is 0 Å². The lowest BCUT2D eigenvalue weighted by atomic mass is 9.99. The van der Waals surface area contributed by atoms with Gasteiger partial charge in [0.15, 0.2) is 0 Å². The van der Waals surface area contributed by atoms with Crippen LogP contribution in [0.25, 0.3) is 0 Å². The SMILES string of the molecule is CC(C)(C)OC(=O)N[C@H]1CCCCC/C=C\[C@@H]2C[C@@]2(C(=O)NS(=O)(=O)C2CC2)NC(=O)[C@@H]2C[C@@H](OC(=O)N3CCc4c(F)ccc(F)c4C3)CN2C1=O. The molecule has 17 heteroatoms. The van der Waals surface area contributed by atoms with Crippen LogP contribution in [0.4, 0.5) is 18.4 Å². The third-order valence-electron chi connectivity index (χ3n) is 10.4. The fraction of sp³-hybridized carbons (Fsp3) is 0.639. The fourth-order valence-corrected chi connectivity index (χ4v) is 8.63. The Morgan fingerprint density at radius 1 is 1.02 bits per heavy atom. The molecule has 3 heterocycles. The van der Waals surface area contributed by atoms with Crippen molar-refractivity contribution in [3.63, 3.8) is 0 Å². The predicted molar refractivity (Wildman–Crippen MR) is 185 cm³/mol. The largest absolute Gasteiger partial charge is 0.444 e. The zero-order chi connectivity index (χ0) is 38.3. The molecule has 0 unspecified atom stereocenters. The summed E-state index contributed by atoms with van der Waals surface area (Å²) in [6, 6.07) is -0.363. The molecule has 0 spiro atoms. The topological polar surface area (TPSA) is 181 Å². The zero-order valence-electron chi connectivity index (χ0n) is 30.1. The molecule has 5 amide bonds. The van der Waals surface area contributed by atoms with Gasteiger partial charge in [-0.1, -0.05) is 25.0 Å². The van der Waals surface area contributed by atoms with Crippen molar-refractivity contribution in [2.24, 2.45) is 5.92 Å². The van der Waals surface area contributed by atoms with E-state index in [2.05, 4.69) is 15.4 Å². The van der Waals surface area contributed by atoms with E-state index in [9.17, 15) is 41.2 Å². The quantitative estimate of drug-likeness (QED) is 0.380. The average molecular weight is 764 g/mol. The van der Waals surface area contributed by atoms with Crippen LogP contribution in [0.2, 0.25) is 0 Å². The number of hydrogen-bond donors (Lipinski definition) is 3. The number of amides is 5. The Kier molecular flexibility index (Phi) is 10.8. The van der Waals surface area contributed by atoms with Gasteiger partial charge in [-0.2, -0.15) is 0 Å². The van der Waals surface area contributed by atoms with Crippen LogP contribution in [-0.2, 0) is 46.8 Å². The van der Waals surface area contributed by atoms with Crippen LogP contribution in [-0.4, -0.2) is 95.8 Å². The minimum atomic E-state index is -3.94. The van der Waals surface area contributed by atoms with Crippen molar-refractivity contribution in [1.29, 1.82) is 0 Å². The number of hydrogen-bond acceptors (Lipinski definition) is 9. The number of benzene rings is 1. The smallest absolute Gasteiger partial charge is 0.410 e. The minimum absolute atomic E-state index is 0.0400. The maximum Gasteiger partial charge on any atom is 0.410 e. The van der Waals surface area contributed by atoms with Crippen molar-refractivity contribution in [3.05, 3.63) is 47.0 Å². The summed E-state index contributed by atoms with van der Waals surface area (Å²) >= 11 is 0. The molecule has 3 aliphatic heterocycles. The lowest BCUT2D eigenvalue weighted by Gasteiger charge is -2.30. The van der Waals surface area contributed by atoms with Crippen molar-refractivity contribution < 1.29 is 50.6 Å². The van der Waals surface area contributed by atoms with Crippen molar-refractivity contribution in [2.45, 2.75) is 126 Å². The van der Waals surface area contributed by atoms with Crippen molar-refractivity contribution >= 4 is 39.9 Å². The first kappa shape index (κ1) is 38.4. The number of sulfonamides is 1. The first-order valence-electron chi connectivity index (χ1n) is 18.2. The Morgan fingerprint density at radius 2 is 1.74 bits per heavy atom. The molecule has 290 valence electrons. The van der Waals surface area contributed by atoms with Gasteiger partial charge < -0.3 is 29.9 Å². The Labute approximate surface area is 307 Å². The Hall–Kier alpha value is -4.28. The molecule has 0 aromatic heterocycles. The number of carbonyl (C=O) groups is 5. The lowest BCUT2D eigenvalue weighted by molar-refractivity contribution is -0.141. The lowest BCUT2D eigenvalue weighted by Crippen LogP contribution is -2.58. The number of fused-ring (bicyclic) bond motifs is 3. The van der Waals surface area contributed by atoms with E-state index < -0.39 is 92.1 Å². The molecule has 0 radical (unpaired) electrons. The van der Waals surface area contributed by atoms with Crippen LogP contribution in [0.1, 0.15) is 89.7 Å². The van der Waals surface area contributed by atoms with Gasteiger partial charge in [-0.3, -0.25) is 19.1 Å². The number of nitrogens with one attached hydrogen (secondary N) is 3. The maximum absolute atomic E-state index is 14.6. The van der Waals surface area contributed by atoms with E-state index in [1.165, 1.54) is 9.80 Å². The van der Waals surface area contributed by atoms with E-state index in [-0.39, 0.29) is 56.4 Å². The third kappa shape index (κ3) is 8.76. The molecule has 1 aromatic carbocycles. The number of halogens is 2. The number of allylic oxidation sites excluding steroid dienone is 1. The normalized spacial score (nSPS) is 28.5. The van der Waals surface area contributed by atoms with Crippen LogP contribution in [0, 0.1) is 17.6 Å². The second-order valence-corrected chi connectivity index (χ2v) is 17.6. The van der Waals surface area contributed by atoms with Crippen LogP contribution in [0.3, 0.4) is 0 Å². The highest BCUT2D eigenvalue weighted by atomic mass is 32.2. The summed E-state index contributed by atoms with van der Waals surface area (Å²) in [6.45, 7) is 4.59. The van der Waals surface area contributed by atoms with Gasteiger partial charge >= 0.3 is 12.2 Å². The molecule has 1 saturated heterocycles. The van der Waals surface area contributed by atoms with Gasteiger partial charge in [0, 0.05) is 24.4 Å². The molecule has 6 rings (SSSR count). The third-order valence-corrected chi connectivity index (χ3v) is 12.2. The zero-order valence-corrected chi connectivity index (χ0v) is 30.9. The average Bonchev–Trinajstić information content (AvgIpc) is 4.01. The highest BCUT2D eigenvalue weighted by Gasteiger charge is 2.62. The molecule has 1 aromatic rings. The van der Waals surface area contributed by atoms with Gasteiger partial charge in [-0.05, 0) is 83.4 Å². The Balaban J connectivity index is 1.25. The van der Waals surface area contributed by atoms with E-state index in [1.807, 2.05) is 6.08 Å². The Bertz CT molecular complexity index is 1800.